The van der Waals surface area contributed by atoms with E-state index in [1.165, 1.54) is 11.1 Å². The molecule has 0 heterocycles. The van der Waals surface area contributed by atoms with Crippen LogP contribution in [-0.4, -0.2) is 10.2 Å². The van der Waals surface area contributed by atoms with E-state index >= 15 is 0 Å². The lowest BCUT2D eigenvalue weighted by Crippen LogP contribution is -2.00. The van der Waals surface area contributed by atoms with Crippen LogP contribution in [0.5, 0.6) is 11.5 Å². The van der Waals surface area contributed by atoms with E-state index in [-0.39, 0.29) is 17.4 Å². The zero-order valence-electron chi connectivity index (χ0n) is 12.8. The molecule has 2 aromatic carbocycles. The average Bonchev–Trinajstić information content (AvgIpc) is 2.43. The highest BCUT2D eigenvalue weighted by atomic mass is 16.3. The number of rotatable bonds is 2. The van der Waals surface area contributed by atoms with Crippen molar-refractivity contribution < 1.29 is 10.2 Å². The molecular weight excluding hydrogens is 248 g/mol. The molecule has 2 heteroatoms. The van der Waals surface area contributed by atoms with Crippen molar-refractivity contribution in [1.82, 2.24) is 0 Å². The molecule has 106 valence electrons. The molecule has 0 aliphatic heterocycles. The molecule has 0 saturated carbocycles. The highest BCUT2D eigenvalue weighted by Crippen LogP contribution is 2.40. The Labute approximate surface area is 120 Å². The molecule has 0 fully saturated rings. The molecule has 0 aliphatic carbocycles. The molecule has 0 saturated heterocycles. The van der Waals surface area contributed by atoms with Crippen molar-refractivity contribution in [3.63, 3.8) is 0 Å². The summed E-state index contributed by atoms with van der Waals surface area (Å²) in [7, 11) is 0. The van der Waals surface area contributed by atoms with Crippen molar-refractivity contribution >= 4 is 0 Å². The second-order valence-electron chi connectivity index (χ2n) is 5.67. The predicted octanol–water partition coefficient (Wildman–Crippen LogP) is 4.48. The van der Waals surface area contributed by atoms with Gasteiger partial charge in [-0.2, -0.15) is 0 Å². The smallest absolute Gasteiger partial charge is 0.161 e. The summed E-state index contributed by atoms with van der Waals surface area (Å²) < 4.78 is 0. The van der Waals surface area contributed by atoms with Crippen molar-refractivity contribution in [2.45, 2.75) is 40.5 Å². The van der Waals surface area contributed by atoms with Crippen molar-refractivity contribution in [1.29, 1.82) is 0 Å². The number of hydrogen-bond acceptors (Lipinski definition) is 2. The summed E-state index contributed by atoms with van der Waals surface area (Å²) in [6, 6.07) is 8.29. The summed E-state index contributed by atoms with van der Waals surface area (Å²) in [5.74, 6) is 0.0361. The van der Waals surface area contributed by atoms with Gasteiger partial charge in [0.2, 0.25) is 0 Å². The van der Waals surface area contributed by atoms with E-state index in [4.69, 9.17) is 0 Å². The monoisotopic (exact) mass is 270 g/mol. The van der Waals surface area contributed by atoms with Gasteiger partial charge in [0, 0.05) is 11.5 Å². The van der Waals surface area contributed by atoms with Crippen molar-refractivity contribution in [3.05, 3.63) is 57.6 Å². The van der Waals surface area contributed by atoms with Gasteiger partial charge in [-0.25, -0.2) is 0 Å². The van der Waals surface area contributed by atoms with Crippen LogP contribution in [0.3, 0.4) is 0 Å². The van der Waals surface area contributed by atoms with Gasteiger partial charge >= 0.3 is 0 Å². The lowest BCUT2D eigenvalue weighted by Gasteiger charge is -2.18. The quantitative estimate of drug-likeness (QED) is 0.790. The van der Waals surface area contributed by atoms with Gasteiger partial charge in [-0.1, -0.05) is 31.2 Å². The summed E-state index contributed by atoms with van der Waals surface area (Å²) in [6.45, 7) is 9.99. The summed E-state index contributed by atoms with van der Waals surface area (Å²) in [4.78, 5) is 0. The van der Waals surface area contributed by atoms with Crippen LogP contribution in [0.2, 0.25) is 0 Å². The number of benzene rings is 2. The Hall–Kier alpha value is -1.96. The molecule has 20 heavy (non-hydrogen) atoms. The molecule has 1 atom stereocenters. The number of phenolic OH excluding ortho intramolecular Hbond substituents is 2. The van der Waals surface area contributed by atoms with Gasteiger partial charge in [0.05, 0.1) is 0 Å². The van der Waals surface area contributed by atoms with Crippen LogP contribution >= 0.6 is 0 Å². The van der Waals surface area contributed by atoms with Crippen LogP contribution in [0.25, 0.3) is 0 Å². The van der Waals surface area contributed by atoms with E-state index in [0.717, 1.165) is 22.3 Å². The van der Waals surface area contributed by atoms with E-state index in [9.17, 15) is 10.2 Å². The number of aryl methyl sites for hydroxylation is 3. The van der Waals surface area contributed by atoms with Crippen LogP contribution in [0.1, 0.15) is 46.2 Å². The van der Waals surface area contributed by atoms with E-state index in [1.807, 2.05) is 26.8 Å². The standard InChI is InChI=1S/C18H22O2/c1-10-6-7-15(8-11(10)2)14(5)16-9-12(3)13(4)17(19)18(16)20/h6-9,14,19-20H,1-5H3. The van der Waals surface area contributed by atoms with Crippen molar-refractivity contribution in [2.24, 2.45) is 0 Å². The van der Waals surface area contributed by atoms with Crippen molar-refractivity contribution in [2.75, 3.05) is 0 Å². The largest absolute Gasteiger partial charge is 0.504 e. The minimum atomic E-state index is -0.00400. The van der Waals surface area contributed by atoms with Gasteiger partial charge in [-0.15, -0.1) is 0 Å². The molecule has 2 rings (SSSR count). The molecule has 0 spiro atoms. The zero-order chi connectivity index (χ0) is 15.0. The highest BCUT2D eigenvalue weighted by Gasteiger charge is 2.18. The third kappa shape index (κ3) is 2.38. The Bertz CT molecular complexity index is 657. The molecular formula is C18H22O2. The van der Waals surface area contributed by atoms with E-state index in [0.29, 0.717) is 0 Å². The molecule has 1 unspecified atom stereocenters. The predicted molar refractivity (Wildman–Crippen MR) is 82.7 cm³/mol. The molecule has 0 aliphatic rings. The molecule has 2 N–H and O–H groups in total. The molecule has 0 aromatic heterocycles. The second-order valence-corrected chi connectivity index (χ2v) is 5.67. The normalized spacial score (nSPS) is 12.4. The van der Waals surface area contributed by atoms with E-state index in [1.54, 1.807) is 0 Å². The van der Waals surface area contributed by atoms with E-state index < -0.39 is 0 Å². The first-order chi connectivity index (χ1) is 9.32. The Balaban J connectivity index is 2.53. The summed E-state index contributed by atoms with van der Waals surface area (Å²) in [6.07, 6.45) is 0. The fourth-order valence-corrected chi connectivity index (χ4v) is 2.45. The van der Waals surface area contributed by atoms with Crippen LogP contribution in [-0.2, 0) is 0 Å². The summed E-state index contributed by atoms with van der Waals surface area (Å²) in [5.41, 5.74) is 6.14. The maximum atomic E-state index is 10.2. The van der Waals surface area contributed by atoms with Crippen molar-refractivity contribution in [3.8, 4) is 11.5 Å². The SMILES string of the molecule is Cc1ccc(C(C)c2cc(C)c(C)c(O)c2O)cc1C. The van der Waals surface area contributed by atoms with Crippen LogP contribution in [0.15, 0.2) is 24.3 Å². The molecule has 2 nitrogen and oxygen atoms in total. The maximum absolute atomic E-state index is 10.2. The van der Waals surface area contributed by atoms with Crippen LogP contribution < -0.4 is 0 Å². The first kappa shape index (κ1) is 14.4. The fourth-order valence-electron chi connectivity index (χ4n) is 2.45. The lowest BCUT2D eigenvalue weighted by atomic mass is 9.88. The van der Waals surface area contributed by atoms with Gasteiger partial charge in [0.25, 0.3) is 0 Å². The Kier molecular flexibility index (Phi) is 3.76. The Morgan fingerprint density at radius 2 is 1.45 bits per heavy atom. The minimum absolute atomic E-state index is 0.00109. The molecule has 0 amide bonds. The Morgan fingerprint density at radius 3 is 2.05 bits per heavy atom. The average molecular weight is 270 g/mol. The lowest BCUT2D eigenvalue weighted by molar-refractivity contribution is 0.395. The minimum Gasteiger partial charge on any atom is -0.504 e. The number of hydrogen-bond donors (Lipinski definition) is 2. The second kappa shape index (κ2) is 5.20. The Morgan fingerprint density at radius 1 is 0.800 bits per heavy atom. The first-order valence-electron chi connectivity index (χ1n) is 6.92. The molecule has 0 bridgehead atoms. The van der Waals surface area contributed by atoms with Crippen LogP contribution in [0, 0.1) is 27.7 Å². The van der Waals surface area contributed by atoms with E-state index in [2.05, 4.69) is 32.0 Å². The third-order valence-corrected chi connectivity index (χ3v) is 4.31. The topological polar surface area (TPSA) is 40.5 Å². The number of phenols is 2. The first-order valence-corrected chi connectivity index (χ1v) is 6.92. The summed E-state index contributed by atoms with van der Waals surface area (Å²) in [5, 5.41) is 20.2. The van der Waals surface area contributed by atoms with Gasteiger partial charge in [-0.3, -0.25) is 0 Å². The van der Waals surface area contributed by atoms with Gasteiger partial charge in [0.15, 0.2) is 11.5 Å². The summed E-state index contributed by atoms with van der Waals surface area (Å²) >= 11 is 0. The number of aromatic hydroxyl groups is 2. The fraction of sp³-hybridized carbons (Fsp3) is 0.333. The van der Waals surface area contributed by atoms with Gasteiger partial charge < -0.3 is 10.2 Å². The third-order valence-electron chi connectivity index (χ3n) is 4.31. The maximum Gasteiger partial charge on any atom is 0.161 e. The van der Waals surface area contributed by atoms with Gasteiger partial charge in [-0.05, 0) is 55.5 Å². The van der Waals surface area contributed by atoms with Gasteiger partial charge in [0.1, 0.15) is 0 Å². The molecule has 2 aromatic rings. The van der Waals surface area contributed by atoms with Crippen LogP contribution in [0.4, 0.5) is 0 Å². The zero-order valence-corrected chi connectivity index (χ0v) is 12.8. The molecule has 0 radical (unpaired) electrons. The highest BCUT2D eigenvalue weighted by molar-refractivity contribution is 5.56.